The average Bonchev–Trinajstić information content (AvgIpc) is 3.14. The lowest BCUT2D eigenvalue weighted by Crippen LogP contribution is -2.39. The molecule has 0 aromatic heterocycles. The number of rotatable bonds is 6. The summed E-state index contributed by atoms with van der Waals surface area (Å²) < 4.78 is 5.61. The number of anilines is 1. The molecule has 1 aromatic carbocycles. The van der Waals surface area contributed by atoms with Crippen LogP contribution in [0.1, 0.15) is 41.6 Å². The van der Waals surface area contributed by atoms with Gasteiger partial charge >= 0.3 is 5.97 Å². The minimum Gasteiger partial charge on any atom is -0.481 e. The zero-order valence-electron chi connectivity index (χ0n) is 14.9. The van der Waals surface area contributed by atoms with E-state index in [0.717, 1.165) is 24.1 Å². The van der Waals surface area contributed by atoms with Crippen molar-refractivity contribution < 1.29 is 24.2 Å². The summed E-state index contributed by atoms with van der Waals surface area (Å²) in [6.45, 7) is 1.25. The Bertz CT molecular complexity index is 712. The van der Waals surface area contributed by atoms with Crippen LogP contribution in [-0.4, -0.2) is 60.6 Å². The van der Waals surface area contributed by atoms with E-state index in [4.69, 9.17) is 9.84 Å². The van der Waals surface area contributed by atoms with Crippen LogP contribution >= 0.6 is 0 Å². The van der Waals surface area contributed by atoms with Crippen LogP contribution in [0, 0.1) is 0 Å². The van der Waals surface area contributed by atoms with E-state index in [1.807, 2.05) is 6.07 Å². The highest BCUT2D eigenvalue weighted by Gasteiger charge is 2.26. The molecule has 7 nitrogen and oxygen atoms in total. The van der Waals surface area contributed by atoms with Gasteiger partial charge in [-0.25, -0.2) is 0 Å². The van der Waals surface area contributed by atoms with Gasteiger partial charge in [-0.2, -0.15) is 0 Å². The summed E-state index contributed by atoms with van der Waals surface area (Å²) in [6, 6.07) is 5.32. The molecule has 1 saturated heterocycles. The van der Waals surface area contributed by atoms with Crippen molar-refractivity contribution in [2.24, 2.45) is 0 Å². The lowest BCUT2D eigenvalue weighted by Gasteiger charge is -2.28. The van der Waals surface area contributed by atoms with E-state index < -0.39 is 5.97 Å². The summed E-state index contributed by atoms with van der Waals surface area (Å²) in [4.78, 5) is 38.9. The molecular weight excluding hydrogens is 336 g/mol. The van der Waals surface area contributed by atoms with Crippen LogP contribution in [0.3, 0.4) is 0 Å². The fraction of sp³-hybridized carbons (Fsp3) is 0.526. The van der Waals surface area contributed by atoms with Gasteiger partial charge in [-0.1, -0.05) is 0 Å². The largest absolute Gasteiger partial charge is 0.481 e. The zero-order valence-corrected chi connectivity index (χ0v) is 14.9. The Kier molecular flexibility index (Phi) is 5.56. The molecule has 2 aliphatic heterocycles. The topological polar surface area (TPSA) is 87.2 Å². The van der Waals surface area contributed by atoms with Gasteiger partial charge in [0.15, 0.2) is 0 Å². The number of nitrogens with zero attached hydrogens (tertiary/aromatic N) is 2. The Morgan fingerprint density at radius 2 is 2.15 bits per heavy atom. The van der Waals surface area contributed by atoms with Gasteiger partial charge in [0.25, 0.3) is 5.91 Å². The normalized spacial score (nSPS) is 19.3. The Morgan fingerprint density at radius 1 is 1.35 bits per heavy atom. The Balaban J connectivity index is 1.78. The number of amides is 2. The summed E-state index contributed by atoms with van der Waals surface area (Å²) in [5.41, 5.74) is 2.32. The van der Waals surface area contributed by atoms with Crippen LogP contribution in [0.25, 0.3) is 0 Å². The second kappa shape index (κ2) is 7.86. The molecule has 0 spiro atoms. The van der Waals surface area contributed by atoms with Crippen LogP contribution in [-0.2, 0) is 20.7 Å². The van der Waals surface area contributed by atoms with Crippen molar-refractivity contribution in [1.82, 2.24) is 4.90 Å². The number of hydrogen-bond donors (Lipinski definition) is 1. The van der Waals surface area contributed by atoms with Gasteiger partial charge in [0.1, 0.15) is 0 Å². The molecule has 2 aliphatic rings. The molecule has 1 atom stereocenters. The highest BCUT2D eigenvalue weighted by molar-refractivity contribution is 5.99. The summed E-state index contributed by atoms with van der Waals surface area (Å²) >= 11 is 0. The molecular formula is C19H24N2O5. The summed E-state index contributed by atoms with van der Waals surface area (Å²) in [7, 11) is 1.73. The van der Waals surface area contributed by atoms with Crippen LogP contribution in [0.15, 0.2) is 18.2 Å². The molecule has 0 aliphatic carbocycles. The third-order valence-corrected chi connectivity index (χ3v) is 5.00. The SMILES string of the molecule is CN1C(=O)CCc2cc(C(=O)N(CCC(=O)O)CC3CCCO3)ccc21. The zero-order chi connectivity index (χ0) is 18.7. The number of carbonyl (C=O) groups is 3. The first-order valence-electron chi connectivity index (χ1n) is 8.98. The van der Waals surface area contributed by atoms with Crippen molar-refractivity contribution >= 4 is 23.5 Å². The van der Waals surface area contributed by atoms with Crippen molar-refractivity contribution in [3.63, 3.8) is 0 Å². The van der Waals surface area contributed by atoms with E-state index in [-0.39, 0.29) is 30.9 Å². The van der Waals surface area contributed by atoms with E-state index in [0.29, 0.717) is 31.6 Å². The van der Waals surface area contributed by atoms with Gasteiger partial charge in [0.05, 0.1) is 12.5 Å². The number of carbonyl (C=O) groups excluding carboxylic acids is 2. The summed E-state index contributed by atoms with van der Waals surface area (Å²) in [5, 5.41) is 8.98. The monoisotopic (exact) mass is 360 g/mol. The number of benzene rings is 1. The minimum absolute atomic E-state index is 0.0332. The predicted molar refractivity (Wildman–Crippen MR) is 95.3 cm³/mol. The molecule has 1 aromatic rings. The van der Waals surface area contributed by atoms with Gasteiger partial charge in [-0.05, 0) is 43.0 Å². The molecule has 1 N–H and O–H groups in total. The molecule has 3 rings (SSSR count). The van der Waals surface area contributed by atoms with Gasteiger partial charge < -0.3 is 19.6 Å². The number of carboxylic acid groups (broad SMARTS) is 1. The fourth-order valence-electron chi connectivity index (χ4n) is 3.51. The maximum Gasteiger partial charge on any atom is 0.305 e. The average molecular weight is 360 g/mol. The van der Waals surface area contributed by atoms with Crippen molar-refractivity contribution in [2.45, 2.75) is 38.2 Å². The van der Waals surface area contributed by atoms with Gasteiger partial charge in [-0.3, -0.25) is 14.4 Å². The molecule has 0 saturated carbocycles. The van der Waals surface area contributed by atoms with E-state index in [1.165, 1.54) is 0 Å². The first-order chi connectivity index (χ1) is 12.5. The molecule has 2 amide bonds. The molecule has 2 heterocycles. The van der Waals surface area contributed by atoms with Crippen LogP contribution in [0.4, 0.5) is 5.69 Å². The molecule has 1 fully saturated rings. The third kappa shape index (κ3) is 4.04. The van der Waals surface area contributed by atoms with Gasteiger partial charge in [0.2, 0.25) is 5.91 Å². The van der Waals surface area contributed by atoms with Crippen molar-refractivity contribution in [1.29, 1.82) is 0 Å². The number of aliphatic carboxylic acids is 1. The summed E-state index contributed by atoms with van der Waals surface area (Å²) in [5.74, 6) is -1.05. The van der Waals surface area contributed by atoms with Crippen molar-refractivity contribution in [2.75, 3.05) is 31.6 Å². The number of ether oxygens (including phenoxy) is 1. The summed E-state index contributed by atoms with van der Waals surface area (Å²) in [6.07, 6.45) is 2.76. The number of aryl methyl sites for hydroxylation is 1. The van der Waals surface area contributed by atoms with Crippen molar-refractivity contribution in [3.05, 3.63) is 29.3 Å². The van der Waals surface area contributed by atoms with E-state index in [2.05, 4.69) is 0 Å². The van der Waals surface area contributed by atoms with Crippen LogP contribution in [0.2, 0.25) is 0 Å². The number of hydrogen-bond acceptors (Lipinski definition) is 4. The van der Waals surface area contributed by atoms with E-state index in [9.17, 15) is 14.4 Å². The van der Waals surface area contributed by atoms with Gasteiger partial charge in [0, 0.05) is 44.4 Å². The minimum atomic E-state index is -0.930. The maximum atomic E-state index is 13.0. The number of fused-ring (bicyclic) bond motifs is 1. The lowest BCUT2D eigenvalue weighted by atomic mass is 9.98. The smallest absolute Gasteiger partial charge is 0.305 e. The van der Waals surface area contributed by atoms with Crippen molar-refractivity contribution in [3.8, 4) is 0 Å². The second-order valence-electron chi connectivity index (χ2n) is 6.83. The lowest BCUT2D eigenvalue weighted by molar-refractivity contribution is -0.137. The first kappa shape index (κ1) is 18.4. The highest BCUT2D eigenvalue weighted by Crippen LogP contribution is 2.28. The number of carboxylic acids is 1. The van der Waals surface area contributed by atoms with E-state index in [1.54, 1.807) is 29.0 Å². The highest BCUT2D eigenvalue weighted by atomic mass is 16.5. The quantitative estimate of drug-likeness (QED) is 0.834. The van der Waals surface area contributed by atoms with Crippen LogP contribution in [0.5, 0.6) is 0 Å². The van der Waals surface area contributed by atoms with E-state index >= 15 is 0 Å². The molecule has 1 unspecified atom stereocenters. The first-order valence-corrected chi connectivity index (χ1v) is 8.98. The molecule has 7 heteroatoms. The molecule has 0 bridgehead atoms. The van der Waals surface area contributed by atoms with Gasteiger partial charge in [-0.15, -0.1) is 0 Å². The maximum absolute atomic E-state index is 13.0. The second-order valence-corrected chi connectivity index (χ2v) is 6.83. The third-order valence-electron chi connectivity index (χ3n) is 5.00. The molecule has 140 valence electrons. The Hall–Kier alpha value is -2.41. The standard InChI is InChI=1S/C19H24N2O5/c1-20-16-6-4-14(11-13(16)5-7-17(20)22)19(25)21(9-8-18(23)24)12-15-3-2-10-26-15/h4,6,11,15H,2-3,5,7-10,12H2,1H3,(H,23,24). The predicted octanol–water partition coefficient (Wildman–Crippen LogP) is 1.69. The fourth-order valence-corrected chi connectivity index (χ4v) is 3.51. The molecule has 0 radical (unpaired) electrons. The Morgan fingerprint density at radius 3 is 2.85 bits per heavy atom. The Labute approximate surface area is 152 Å². The molecule has 26 heavy (non-hydrogen) atoms. The van der Waals surface area contributed by atoms with Crippen LogP contribution < -0.4 is 4.90 Å².